The van der Waals surface area contributed by atoms with Crippen LogP contribution >= 0.6 is 107 Å². The minimum absolute atomic E-state index is 0.0545. The number of phosphoric acid groups is 9. The molecule has 0 aliphatic carbocycles. The molecule has 0 saturated carbocycles. The third-order valence-electron chi connectivity index (χ3n) is 10.1. The first-order valence-electron chi connectivity index (χ1n) is 25.3. The highest BCUT2D eigenvalue weighted by atomic mass is 32.1. The Morgan fingerprint density at radius 1 is 0.422 bits per heavy atom. The maximum Gasteiger partial charge on any atom is 0.490 e. The lowest BCUT2D eigenvalue weighted by Gasteiger charge is -2.19. The van der Waals surface area contributed by atoms with Crippen LogP contribution in [0.4, 0.5) is 0 Å². The van der Waals surface area contributed by atoms with Crippen LogP contribution in [0, 0.1) is 34.8 Å². The van der Waals surface area contributed by atoms with Gasteiger partial charge in [-0.1, -0.05) is 24.4 Å². The van der Waals surface area contributed by atoms with E-state index in [1.807, 2.05) is 0 Å². The average molecular weight is 1550 g/mol. The zero-order valence-electron chi connectivity index (χ0n) is 49.6. The third-order valence-corrected chi connectivity index (χ3v) is 22.2. The molecule has 3 aliphatic heterocycles. The van der Waals surface area contributed by atoms with Crippen LogP contribution in [-0.4, -0.2) is 193 Å². The predicted molar refractivity (Wildman–Crippen MR) is 289 cm³/mol. The molecule has 3 aromatic heterocycles. The Bertz CT molecular complexity index is 3820. The largest absolute Gasteiger partial charge is 0.490 e. The number of hydrogen-bond acceptors (Lipinski definition) is 33. The van der Waals surface area contributed by atoms with Gasteiger partial charge in [-0.15, -0.1) is 0 Å². The topological polar surface area (TPSA) is 742 Å². The zero-order chi connectivity index (χ0) is 74.6. The fraction of sp³-hybridized carbons (Fsp3) is 0.600. The van der Waals surface area contributed by atoms with Crippen molar-refractivity contribution in [1.82, 2.24) is 28.7 Å². The van der Waals surface area contributed by atoms with E-state index in [1.54, 1.807) is 0 Å². The van der Waals surface area contributed by atoms with Crippen LogP contribution in [0.3, 0.4) is 0 Å². The van der Waals surface area contributed by atoms with Crippen LogP contribution in [0.2, 0.25) is 0 Å². The molecule has 6 heterocycles. The molecule has 90 heavy (non-hydrogen) atoms. The van der Waals surface area contributed by atoms with Crippen LogP contribution in [0.15, 0.2) is 33.0 Å². The van der Waals surface area contributed by atoms with Crippen molar-refractivity contribution >= 4 is 107 Å². The molecule has 0 bridgehead atoms. The van der Waals surface area contributed by atoms with Gasteiger partial charge in [0.1, 0.15) is 64.2 Å². The molecule has 0 spiro atoms. The second-order valence-corrected chi connectivity index (χ2v) is 31.4. The maximum atomic E-state index is 12.1. The second kappa shape index (κ2) is 30.7. The minimum Gasteiger partial charge on any atom is -0.387 e. The van der Waals surface area contributed by atoms with Gasteiger partial charge in [-0.2, -0.15) is 25.9 Å². The number of rotatable bonds is 24. The van der Waals surface area contributed by atoms with E-state index in [0.717, 1.165) is 32.3 Å². The molecular formula is C30H51N6O42P9S3. The Morgan fingerprint density at radius 3 is 0.944 bits per heavy atom. The Kier molecular flexibility index (Phi) is 24.2. The molecule has 9 unspecified atom stereocenters. The number of nitrogens with one attached hydrogen (secondary N) is 3. The molecule has 0 aromatic carbocycles. The smallest absolute Gasteiger partial charge is 0.387 e. The lowest BCUT2D eigenvalue weighted by Crippen LogP contribution is -2.36. The van der Waals surface area contributed by atoms with Gasteiger partial charge in [0.15, 0.2) is 23.5 Å². The van der Waals surface area contributed by atoms with Crippen molar-refractivity contribution in [1.29, 1.82) is 0 Å². The summed E-state index contributed by atoms with van der Waals surface area (Å²) < 4.78 is 199. The fourth-order valence-electron chi connectivity index (χ4n) is 6.53. The number of aryl methyl sites for hydroxylation is 3. The lowest BCUT2D eigenvalue weighted by molar-refractivity contribution is -0.0543. The van der Waals surface area contributed by atoms with Crippen LogP contribution in [0.5, 0.6) is 0 Å². The van der Waals surface area contributed by atoms with Crippen molar-refractivity contribution < 1.29 is 192 Å². The summed E-state index contributed by atoms with van der Waals surface area (Å²) in [6.07, 6.45) is -20.8. The molecular weight excluding hydrogens is 1490 g/mol. The molecule has 0 amide bonds. The van der Waals surface area contributed by atoms with Gasteiger partial charge in [-0.25, -0.2) is 50.7 Å². The van der Waals surface area contributed by atoms with Crippen LogP contribution in [0.25, 0.3) is 0 Å². The van der Waals surface area contributed by atoms with E-state index >= 15 is 0 Å². The summed E-state index contributed by atoms with van der Waals surface area (Å²) in [6.45, 7) is -6.25. The Hall–Kier alpha value is -1.83. The minimum atomic E-state index is -5.95. The normalized spacial score (nSPS) is 30.2. The summed E-state index contributed by atoms with van der Waals surface area (Å²) in [5.41, 5.74) is -1.62. The second-order valence-electron chi connectivity index (χ2n) is 17.1. The van der Waals surface area contributed by atoms with Crippen LogP contribution < -0.4 is 16.9 Å². The molecule has 516 valence electrons. The number of aromatic nitrogens is 6. The third kappa shape index (κ3) is 24.4. The first kappa shape index (κ1) is 71.0. The van der Waals surface area contributed by atoms with Crippen molar-refractivity contribution in [3.05, 3.63) is 80.7 Å². The van der Waals surface area contributed by atoms with Crippen LogP contribution in [0.1, 0.15) is 43.6 Å². The molecule has 18 atom stereocenters. The van der Waals surface area contributed by atoms with Crippen molar-refractivity contribution in [2.75, 3.05) is 19.7 Å². The molecule has 3 aliphatic rings. The standard InChI is InChI=1S/3C10H17N2O14P3S/c2*1-4-2-12(10(15)11-8(4)30)9-7(14)6(13)5(24-9)3-23-28(19,20)26-29(21,22)25-27(16,17)18;1-4-2-12(10(30)11-8(4)15)9-7(14)6(13)5(24-9)3-23-28(19,20)26-29(21,22)25-27(16,17)18/h3*2,5-7,9,13-14H,3H2,1H3,(H,19,20)(H,21,22)(H,11,15,30)(H2,16,17,18)/t3*5-,6?,7+,9-/m000/s1/i3*3D2. The predicted octanol–water partition coefficient (Wildman–Crippen LogP) is -2.47. The van der Waals surface area contributed by atoms with E-state index in [4.69, 9.17) is 103 Å². The molecule has 21 N–H and O–H groups in total. The van der Waals surface area contributed by atoms with Crippen molar-refractivity contribution in [3.63, 3.8) is 0 Å². The number of H-pyrrole nitrogens is 3. The van der Waals surface area contributed by atoms with E-state index < -0.39 is 181 Å². The average Bonchev–Trinajstić information content (AvgIpc) is 1.65. The van der Waals surface area contributed by atoms with Gasteiger partial charge in [0.2, 0.25) is 0 Å². The van der Waals surface area contributed by atoms with E-state index in [2.05, 4.69) is 54.4 Å². The Balaban J connectivity index is 0.000000306. The first-order valence-corrected chi connectivity index (χ1v) is 37.1. The number of hydrogen-bond donors (Lipinski definition) is 21. The summed E-state index contributed by atoms with van der Waals surface area (Å²) in [4.78, 5) is 149. The molecule has 60 heteroatoms. The SMILES string of the molecule is [2H]C([2H])(OP(=O)(O)OP(=O)(O)OP(=O)(O)O)[C@@H]1O[C@H](n2cc(C)c(=O)[nH]c2=S)[C@H](O)C1O.[2H]C([2H])(OP(=O)(O)OP(=O)(O)OP(=O)(O)O)[C@@H]1O[C@H](n2cc(C)c(=S)[nH]c2=O)[C@H](O)C1O.[2H]C([2H])(OP(=O)(O)OP(=O)(O)OP(=O)(O)O)[C@@H]1O[C@H](n2cc(C)c(=S)[nH]c2=O)[C@H](O)C1O. The molecule has 3 saturated heterocycles. The quantitative estimate of drug-likeness (QED) is 0.0326. The van der Waals surface area contributed by atoms with Crippen LogP contribution in [-0.2, 0) is 94.7 Å². The molecule has 3 fully saturated rings. The highest BCUT2D eigenvalue weighted by Crippen LogP contribution is 2.68. The number of aliphatic hydroxyl groups is 6. The maximum absolute atomic E-state index is 12.1. The zero-order valence-corrected chi connectivity index (χ0v) is 54.1. The number of nitrogens with zero attached hydrogens (tertiary/aromatic N) is 3. The highest BCUT2D eigenvalue weighted by Gasteiger charge is 2.50. The lowest BCUT2D eigenvalue weighted by atomic mass is 10.1. The van der Waals surface area contributed by atoms with Gasteiger partial charge < -0.3 is 104 Å². The van der Waals surface area contributed by atoms with Gasteiger partial charge in [-0.3, -0.25) is 47.0 Å². The number of aromatic amines is 3. The Morgan fingerprint density at radius 2 is 0.678 bits per heavy atom. The molecule has 3 aromatic rings. The summed E-state index contributed by atoms with van der Waals surface area (Å²) in [6, 6.07) is 0. The monoisotopic (exact) mass is 1550 g/mol. The summed E-state index contributed by atoms with van der Waals surface area (Å²) in [7, 11) is -52.7. The van der Waals surface area contributed by atoms with E-state index in [-0.39, 0.29) is 19.6 Å². The molecule has 6 rings (SSSR count). The van der Waals surface area contributed by atoms with E-state index in [1.165, 1.54) is 20.8 Å². The number of ether oxygens (including phenoxy) is 3. The molecule has 0 radical (unpaired) electrons. The number of phosphoric ester groups is 3. The van der Waals surface area contributed by atoms with Crippen molar-refractivity contribution in [2.45, 2.75) is 94.4 Å². The fourth-order valence-corrected chi connectivity index (χ4v) is 15.7. The van der Waals surface area contributed by atoms with Gasteiger partial charge >= 0.3 is 81.8 Å². The first-order chi connectivity index (χ1) is 42.7. The van der Waals surface area contributed by atoms with Gasteiger partial charge in [0.25, 0.3) is 5.56 Å². The van der Waals surface area contributed by atoms with Gasteiger partial charge in [0, 0.05) is 35.3 Å². The van der Waals surface area contributed by atoms with Crippen molar-refractivity contribution in [3.8, 4) is 0 Å². The Labute approximate surface area is 521 Å². The molecule has 48 nitrogen and oxygen atoms in total. The van der Waals surface area contributed by atoms with E-state index in [0.29, 0.717) is 11.1 Å². The van der Waals surface area contributed by atoms with E-state index in [9.17, 15) is 101 Å². The summed E-state index contributed by atoms with van der Waals surface area (Å²) >= 11 is 14.7. The number of aliphatic hydroxyl groups excluding tert-OH is 6. The van der Waals surface area contributed by atoms with Gasteiger partial charge in [-0.05, 0) is 33.0 Å². The summed E-state index contributed by atoms with van der Waals surface area (Å²) in [5, 5.41) is 61.1. The van der Waals surface area contributed by atoms with Crippen molar-refractivity contribution in [2.24, 2.45) is 0 Å². The van der Waals surface area contributed by atoms with Gasteiger partial charge in [0.05, 0.1) is 27.9 Å². The highest BCUT2D eigenvalue weighted by molar-refractivity contribution is 7.72. The summed E-state index contributed by atoms with van der Waals surface area (Å²) in [5.74, 6) is 0.